The van der Waals surface area contributed by atoms with E-state index in [1.165, 1.54) is 12.1 Å². The number of benzene rings is 1. The van der Waals surface area contributed by atoms with E-state index < -0.39 is 21.2 Å². The maximum atomic E-state index is 13.4. The van der Waals surface area contributed by atoms with Gasteiger partial charge in [0.15, 0.2) is 0 Å². The van der Waals surface area contributed by atoms with Gasteiger partial charge in [-0.1, -0.05) is 12.5 Å². The normalized spacial score (nSPS) is 12.9. The van der Waals surface area contributed by atoms with E-state index in [0.717, 1.165) is 25.3 Å². The highest BCUT2D eigenvalue weighted by Gasteiger charge is 2.15. The minimum absolute atomic E-state index is 0.0598. The van der Waals surface area contributed by atoms with Crippen molar-refractivity contribution >= 4 is 9.53 Å². The predicted molar refractivity (Wildman–Crippen MR) is 75.6 cm³/mol. The first-order valence-corrected chi connectivity index (χ1v) is 8.13. The Morgan fingerprint density at radius 3 is 2.45 bits per heavy atom. The van der Waals surface area contributed by atoms with Crippen molar-refractivity contribution in [1.29, 1.82) is 0 Å². The molecule has 0 bridgehead atoms. The van der Waals surface area contributed by atoms with E-state index in [1.54, 1.807) is 14.2 Å². The molecule has 0 aliphatic heterocycles. The molecule has 1 aromatic carbocycles. The van der Waals surface area contributed by atoms with Gasteiger partial charge in [-0.15, -0.1) is 0 Å². The van der Waals surface area contributed by atoms with E-state index in [1.807, 2.05) is 6.92 Å². The van der Waals surface area contributed by atoms with Crippen LogP contribution in [0.1, 0.15) is 31.7 Å². The van der Waals surface area contributed by atoms with Gasteiger partial charge in [0.2, 0.25) is 0 Å². The summed E-state index contributed by atoms with van der Waals surface area (Å²) >= 11 is 0. The van der Waals surface area contributed by atoms with Gasteiger partial charge in [-0.2, -0.15) is 0 Å². The monoisotopic (exact) mass is 304 g/mol. The Morgan fingerprint density at radius 1 is 1.15 bits per heavy atom. The Hall–Kier alpha value is -0.823. The molecular formula is C14H22F2O3Si. The molecule has 0 fully saturated rings. The van der Waals surface area contributed by atoms with Gasteiger partial charge in [-0.3, -0.25) is 0 Å². The van der Waals surface area contributed by atoms with Gasteiger partial charge in [0.05, 0.1) is 0 Å². The maximum absolute atomic E-state index is 13.4. The molecule has 0 saturated heterocycles. The molecule has 0 aromatic heterocycles. The van der Waals surface area contributed by atoms with Gasteiger partial charge in [-0.05, 0) is 37.8 Å². The fourth-order valence-corrected chi connectivity index (χ4v) is 2.87. The highest BCUT2D eigenvalue weighted by molar-refractivity contribution is 6.36. The van der Waals surface area contributed by atoms with Crippen LogP contribution in [0.15, 0.2) is 18.2 Å². The van der Waals surface area contributed by atoms with Gasteiger partial charge >= 0.3 is 9.53 Å². The van der Waals surface area contributed by atoms with Crippen molar-refractivity contribution in [2.24, 2.45) is 0 Å². The van der Waals surface area contributed by atoms with E-state index in [9.17, 15) is 8.78 Å². The molecule has 0 spiro atoms. The topological polar surface area (TPSA) is 27.7 Å². The van der Waals surface area contributed by atoms with Crippen LogP contribution in [-0.2, 0) is 19.7 Å². The van der Waals surface area contributed by atoms with Gasteiger partial charge in [0.1, 0.15) is 11.6 Å². The molecule has 20 heavy (non-hydrogen) atoms. The van der Waals surface area contributed by atoms with Crippen molar-refractivity contribution in [2.45, 2.75) is 38.7 Å². The maximum Gasteiger partial charge on any atom is 0.483 e. The minimum atomic E-state index is -1.98. The van der Waals surface area contributed by atoms with E-state index in [2.05, 4.69) is 0 Å². The van der Waals surface area contributed by atoms with Crippen LogP contribution in [0.2, 0.25) is 0 Å². The molecule has 1 aromatic rings. The van der Waals surface area contributed by atoms with E-state index in [-0.39, 0.29) is 6.10 Å². The van der Waals surface area contributed by atoms with Gasteiger partial charge in [0.25, 0.3) is 0 Å². The second-order valence-electron chi connectivity index (χ2n) is 4.69. The van der Waals surface area contributed by atoms with Gasteiger partial charge in [-0.25, -0.2) is 8.78 Å². The molecule has 0 aliphatic carbocycles. The first-order chi connectivity index (χ1) is 9.56. The van der Waals surface area contributed by atoms with Crippen LogP contribution in [0.3, 0.4) is 0 Å². The number of halogens is 2. The molecule has 0 N–H and O–H groups in total. The lowest BCUT2D eigenvalue weighted by Crippen LogP contribution is -2.28. The minimum Gasteiger partial charge on any atom is -0.379 e. The first-order valence-electron chi connectivity index (χ1n) is 6.71. The summed E-state index contributed by atoms with van der Waals surface area (Å²) in [4.78, 5) is 0. The van der Waals surface area contributed by atoms with E-state index >= 15 is 0 Å². The summed E-state index contributed by atoms with van der Waals surface area (Å²) in [5, 5.41) is 0. The third kappa shape index (κ3) is 6.09. The first kappa shape index (κ1) is 17.2. The van der Waals surface area contributed by atoms with Crippen molar-refractivity contribution in [3.8, 4) is 0 Å². The fourth-order valence-electron chi connectivity index (χ4n) is 1.94. The molecule has 0 saturated carbocycles. The smallest absolute Gasteiger partial charge is 0.379 e. The Balaban J connectivity index is 2.24. The molecule has 0 aliphatic rings. The highest BCUT2D eigenvalue weighted by Crippen LogP contribution is 2.14. The number of hydrogen-bond donors (Lipinski definition) is 0. The summed E-state index contributed by atoms with van der Waals surface area (Å²) < 4.78 is 41.9. The second-order valence-corrected chi connectivity index (χ2v) is 6.48. The summed E-state index contributed by atoms with van der Waals surface area (Å²) in [6, 6.07) is 3.72. The largest absolute Gasteiger partial charge is 0.483 e. The number of unbranched alkanes of at least 4 members (excludes halogenated alkanes) is 1. The Bertz CT molecular complexity index is 400. The zero-order valence-electron chi connectivity index (χ0n) is 12.2. The molecule has 1 rings (SSSR count). The van der Waals surface area contributed by atoms with Crippen LogP contribution in [0.4, 0.5) is 8.78 Å². The SMILES string of the molecule is CO[SiH](OC)OC(C)CCCCc1ccc(F)cc1F. The Morgan fingerprint density at radius 2 is 1.85 bits per heavy atom. The van der Waals surface area contributed by atoms with E-state index in [0.29, 0.717) is 12.0 Å². The Kier molecular flexibility index (Phi) is 7.90. The van der Waals surface area contributed by atoms with Crippen LogP contribution >= 0.6 is 0 Å². The molecule has 1 atom stereocenters. The van der Waals surface area contributed by atoms with Crippen LogP contribution < -0.4 is 0 Å². The van der Waals surface area contributed by atoms with Crippen molar-refractivity contribution in [1.82, 2.24) is 0 Å². The summed E-state index contributed by atoms with van der Waals surface area (Å²) in [6.07, 6.45) is 3.27. The third-order valence-corrected chi connectivity index (χ3v) is 4.51. The summed E-state index contributed by atoms with van der Waals surface area (Å²) in [5.74, 6) is -1.01. The van der Waals surface area contributed by atoms with Crippen LogP contribution in [0.25, 0.3) is 0 Å². The molecule has 3 nitrogen and oxygen atoms in total. The number of hydrogen-bond acceptors (Lipinski definition) is 3. The van der Waals surface area contributed by atoms with Crippen LogP contribution in [0, 0.1) is 11.6 Å². The molecule has 0 heterocycles. The average molecular weight is 304 g/mol. The van der Waals surface area contributed by atoms with Crippen molar-refractivity contribution < 1.29 is 22.1 Å². The molecule has 0 amide bonds. The van der Waals surface area contributed by atoms with E-state index in [4.69, 9.17) is 13.3 Å². The predicted octanol–water partition coefficient (Wildman–Crippen LogP) is 3.09. The number of aryl methyl sites for hydroxylation is 1. The lowest BCUT2D eigenvalue weighted by atomic mass is 10.1. The average Bonchev–Trinajstić information content (AvgIpc) is 2.42. The van der Waals surface area contributed by atoms with Crippen LogP contribution in [-0.4, -0.2) is 29.9 Å². The summed E-state index contributed by atoms with van der Waals surface area (Å²) in [5.41, 5.74) is 0.556. The molecular weight excluding hydrogens is 282 g/mol. The van der Waals surface area contributed by atoms with Crippen molar-refractivity contribution in [3.05, 3.63) is 35.4 Å². The third-order valence-electron chi connectivity index (χ3n) is 3.05. The quantitative estimate of drug-likeness (QED) is 0.518. The van der Waals surface area contributed by atoms with Gasteiger partial charge < -0.3 is 13.3 Å². The molecule has 1 unspecified atom stereocenters. The van der Waals surface area contributed by atoms with Gasteiger partial charge in [0, 0.05) is 26.4 Å². The molecule has 0 radical (unpaired) electrons. The standard InChI is InChI=1S/C14H22F2O3Si/c1-11(19-20(17-2)18-3)6-4-5-7-12-8-9-13(15)10-14(12)16/h8-11,20H,4-7H2,1-3H3. The zero-order valence-corrected chi connectivity index (χ0v) is 13.4. The lowest BCUT2D eigenvalue weighted by molar-refractivity contribution is 0.0893. The molecule has 114 valence electrons. The second kappa shape index (κ2) is 9.18. The van der Waals surface area contributed by atoms with Crippen molar-refractivity contribution in [3.63, 3.8) is 0 Å². The fraction of sp³-hybridized carbons (Fsp3) is 0.571. The lowest BCUT2D eigenvalue weighted by Gasteiger charge is -2.17. The Labute approximate surface area is 120 Å². The zero-order chi connectivity index (χ0) is 15.0. The van der Waals surface area contributed by atoms with Crippen molar-refractivity contribution in [2.75, 3.05) is 14.2 Å². The summed E-state index contributed by atoms with van der Waals surface area (Å²) in [6.45, 7) is 1.97. The number of rotatable bonds is 9. The highest BCUT2D eigenvalue weighted by atomic mass is 28.3. The molecule has 6 heteroatoms. The van der Waals surface area contributed by atoms with Crippen LogP contribution in [0.5, 0.6) is 0 Å². The summed E-state index contributed by atoms with van der Waals surface area (Å²) in [7, 11) is 1.17.